The van der Waals surface area contributed by atoms with Crippen LogP contribution < -0.4 is 9.64 Å². The Bertz CT molecular complexity index is 1170. The highest BCUT2D eigenvalue weighted by Crippen LogP contribution is 2.49. The predicted molar refractivity (Wildman–Crippen MR) is 119 cm³/mol. The summed E-state index contributed by atoms with van der Waals surface area (Å²) in [6.07, 6.45) is 0.487. The topological polar surface area (TPSA) is 49.9 Å². The third-order valence-corrected chi connectivity index (χ3v) is 6.07. The first-order valence-corrected chi connectivity index (χ1v) is 10.5. The van der Waals surface area contributed by atoms with E-state index in [1.807, 2.05) is 75.4 Å². The molecular formula is C26H24N2O3. The molecule has 1 saturated heterocycles. The van der Waals surface area contributed by atoms with E-state index in [-0.39, 0.29) is 11.9 Å². The monoisotopic (exact) mass is 412 g/mol. The Morgan fingerprint density at radius 3 is 2.32 bits per heavy atom. The van der Waals surface area contributed by atoms with Gasteiger partial charge in [-0.15, -0.1) is 0 Å². The summed E-state index contributed by atoms with van der Waals surface area (Å²) >= 11 is 0. The molecule has 5 heteroatoms. The van der Waals surface area contributed by atoms with Crippen molar-refractivity contribution in [3.05, 3.63) is 95.1 Å². The van der Waals surface area contributed by atoms with Gasteiger partial charge in [0.15, 0.2) is 5.72 Å². The highest BCUT2D eigenvalue weighted by Gasteiger charge is 2.55. The Morgan fingerprint density at radius 1 is 0.968 bits per heavy atom. The fraction of sp³-hybridized carbons (Fsp3) is 0.231. The quantitative estimate of drug-likeness (QED) is 0.548. The van der Waals surface area contributed by atoms with Gasteiger partial charge in [-0.2, -0.15) is 0 Å². The summed E-state index contributed by atoms with van der Waals surface area (Å²) in [5, 5.41) is 0. The first-order valence-electron chi connectivity index (χ1n) is 10.5. The van der Waals surface area contributed by atoms with Gasteiger partial charge in [-0.25, -0.2) is 4.79 Å². The second kappa shape index (κ2) is 6.98. The lowest BCUT2D eigenvalue weighted by Gasteiger charge is -2.53. The van der Waals surface area contributed by atoms with Crippen molar-refractivity contribution in [2.24, 2.45) is 0 Å². The van der Waals surface area contributed by atoms with Crippen molar-refractivity contribution in [2.75, 3.05) is 4.90 Å². The van der Waals surface area contributed by atoms with Crippen LogP contribution >= 0.6 is 0 Å². The van der Waals surface area contributed by atoms with Crippen LogP contribution in [0.15, 0.2) is 72.8 Å². The maximum absolute atomic E-state index is 13.9. The zero-order chi connectivity index (χ0) is 21.8. The molecule has 2 heterocycles. The summed E-state index contributed by atoms with van der Waals surface area (Å²) in [4.78, 5) is 30.6. The van der Waals surface area contributed by atoms with E-state index in [1.54, 1.807) is 17.0 Å². The van der Waals surface area contributed by atoms with E-state index in [4.69, 9.17) is 4.74 Å². The van der Waals surface area contributed by atoms with Crippen LogP contribution in [-0.2, 0) is 0 Å². The fourth-order valence-corrected chi connectivity index (χ4v) is 4.82. The standard InChI is InChI=1S/C26H24N2O3/c1-17-13-18(2)15-20(14-17)28-25(30)27(24(29)19-9-5-4-6-10-19)22-16-26(28,3)31-23-12-8-7-11-21(22)23/h4-15,22H,16H2,1-3H3. The fourth-order valence-electron chi connectivity index (χ4n) is 4.82. The number of ether oxygens (including phenoxy) is 1. The molecule has 2 unspecified atom stereocenters. The molecule has 156 valence electrons. The molecule has 0 aromatic heterocycles. The van der Waals surface area contributed by atoms with Crippen LogP contribution in [0.3, 0.4) is 0 Å². The van der Waals surface area contributed by atoms with Crippen molar-refractivity contribution in [3.8, 4) is 5.75 Å². The van der Waals surface area contributed by atoms with Crippen LogP contribution in [0.25, 0.3) is 0 Å². The Morgan fingerprint density at radius 2 is 1.61 bits per heavy atom. The number of hydrogen-bond acceptors (Lipinski definition) is 3. The number of anilines is 1. The van der Waals surface area contributed by atoms with E-state index in [2.05, 4.69) is 6.07 Å². The van der Waals surface area contributed by atoms with Crippen molar-refractivity contribution in [1.29, 1.82) is 0 Å². The van der Waals surface area contributed by atoms with Gasteiger partial charge in [0, 0.05) is 23.2 Å². The van der Waals surface area contributed by atoms with Crippen molar-refractivity contribution in [2.45, 2.75) is 39.0 Å². The molecule has 1 fully saturated rings. The molecule has 0 saturated carbocycles. The summed E-state index contributed by atoms with van der Waals surface area (Å²) in [5.74, 6) is 0.401. The molecule has 2 aliphatic heterocycles. The number of para-hydroxylation sites is 1. The summed E-state index contributed by atoms with van der Waals surface area (Å²) in [6, 6.07) is 21.9. The highest BCUT2D eigenvalue weighted by molar-refractivity contribution is 6.10. The Kier molecular flexibility index (Phi) is 4.36. The molecule has 3 aromatic carbocycles. The van der Waals surface area contributed by atoms with Gasteiger partial charge in [0.25, 0.3) is 5.91 Å². The minimum absolute atomic E-state index is 0.302. The average Bonchev–Trinajstić information content (AvgIpc) is 2.73. The molecule has 3 aromatic rings. The second-order valence-electron chi connectivity index (χ2n) is 8.54. The van der Waals surface area contributed by atoms with Gasteiger partial charge in [0.05, 0.1) is 6.04 Å². The van der Waals surface area contributed by atoms with Gasteiger partial charge >= 0.3 is 6.03 Å². The molecule has 2 aliphatic rings. The molecule has 2 atom stereocenters. The molecule has 0 aliphatic carbocycles. The maximum Gasteiger partial charge on any atom is 0.335 e. The number of rotatable bonds is 2. The van der Waals surface area contributed by atoms with Gasteiger partial charge in [-0.05, 0) is 62.2 Å². The minimum atomic E-state index is -0.899. The Labute approximate surface area is 181 Å². The van der Waals surface area contributed by atoms with Crippen molar-refractivity contribution in [1.82, 2.24) is 4.90 Å². The first kappa shape index (κ1) is 19.4. The van der Waals surface area contributed by atoms with Gasteiger partial charge in [0.1, 0.15) is 5.75 Å². The zero-order valence-electron chi connectivity index (χ0n) is 17.8. The van der Waals surface area contributed by atoms with Crippen LogP contribution in [0.4, 0.5) is 10.5 Å². The molecule has 31 heavy (non-hydrogen) atoms. The number of urea groups is 1. The smallest absolute Gasteiger partial charge is 0.335 e. The number of fused-ring (bicyclic) bond motifs is 4. The summed E-state index contributed by atoms with van der Waals surface area (Å²) < 4.78 is 6.41. The first-order chi connectivity index (χ1) is 14.9. The third-order valence-electron chi connectivity index (χ3n) is 6.07. The Hall–Kier alpha value is -3.60. The number of imide groups is 1. The molecule has 5 nitrogen and oxygen atoms in total. The van der Waals surface area contributed by atoms with Crippen LogP contribution in [0.5, 0.6) is 5.75 Å². The largest absolute Gasteiger partial charge is 0.467 e. The lowest BCUT2D eigenvalue weighted by atomic mass is 9.88. The summed E-state index contributed by atoms with van der Waals surface area (Å²) in [5.41, 5.74) is 3.27. The van der Waals surface area contributed by atoms with Gasteiger partial charge < -0.3 is 4.74 Å². The van der Waals surface area contributed by atoms with Crippen molar-refractivity contribution >= 4 is 17.6 Å². The number of amides is 3. The molecule has 5 rings (SSSR count). The molecule has 0 radical (unpaired) electrons. The number of aryl methyl sites for hydroxylation is 2. The zero-order valence-corrected chi connectivity index (χ0v) is 17.8. The highest BCUT2D eigenvalue weighted by atomic mass is 16.5. The van der Waals surface area contributed by atoms with E-state index in [0.717, 1.165) is 22.4 Å². The number of benzene rings is 3. The summed E-state index contributed by atoms with van der Waals surface area (Å²) in [6.45, 7) is 5.93. The lowest BCUT2D eigenvalue weighted by molar-refractivity contribution is 0.00268. The van der Waals surface area contributed by atoms with E-state index in [1.165, 1.54) is 4.90 Å². The van der Waals surface area contributed by atoms with Crippen LogP contribution in [-0.4, -0.2) is 22.6 Å². The third kappa shape index (κ3) is 3.08. The molecule has 2 bridgehead atoms. The molecule has 0 N–H and O–H groups in total. The predicted octanol–water partition coefficient (Wildman–Crippen LogP) is 5.63. The SMILES string of the molecule is Cc1cc(C)cc(N2C(=O)N(C(=O)c3ccccc3)C3CC2(C)Oc2ccccc23)c1. The van der Waals surface area contributed by atoms with E-state index >= 15 is 0 Å². The minimum Gasteiger partial charge on any atom is -0.467 e. The van der Waals surface area contributed by atoms with Gasteiger partial charge in [-0.3, -0.25) is 14.6 Å². The summed E-state index contributed by atoms with van der Waals surface area (Å²) in [7, 11) is 0. The molecule has 0 spiro atoms. The maximum atomic E-state index is 13.9. The van der Waals surface area contributed by atoms with Gasteiger partial charge in [0.2, 0.25) is 0 Å². The van der Waals surface area contributed by atoms with E-state index < -0.39 is 11.8 Å². The average molecular weight is 412 g/mol. The molecular weight excluding hydrogens is 388 g/mol. The van der Waals surface area contributed by atoms with Gasteiger partial charge in [-0.1, -0.05) is 42.5 Å². The molecule has 3 amide bonds. The van der Waals surface area contributed by atoms with Crippen LogP contribution in [0.2, 0.25) is 0 Å². The number of carbonyl (C=O) groups is 2. The Balaban J connectivity index is 1.70. The number of carbonyl (C=O) groups excluding carboxylic acids is 2. The second-order valence-corrected chi connectivity index (χ2v) is 8.54. The van der Waals surface area contributed by atoms with E-state index in [9.17, 15) is 9.59 Å². The van der Waals surface area contributed by atoms with Crippen molar-refractivity contribution < 1.29 is 14.3 Å². The lowest BCUT2D eigenvalue weighted by Crippen LogP contribution is -2.67. The number of nitrogens with zero attached hydrogens (tertiary/aromatic N) is 2. The normalized spacial score (nSPS) is 22.0. The van der Waals surface area contributed by atoms with Crippen molar-refractivity contribution in [3.63, 3.8) is 0 Å². The number of hydrogen-bond donors (Lipinski definition) is 0. The van der Waals surface area contributed by atoms with Crippen LogP contribution in [0.1, 0.15) is 46.4 Å². The van der Waals surface area contributed by atoms with E-state index in [0.29, 0.717) is 17.7 Å². The van der Waals surface area contributed by atoms with Crippen LogP contribution in [0, 0.1) is 13.8 Å².